The molecule has 1 aromatic carbocycles. The van der Waals surface area contributed by atoms with Gasteiger partial charge in [0.05, 0.1) is 13.2 Å². The van der Waals surface area contributed by atoms with Crippen molar-refractivity contribution < 1.29 is 9.84 Å². The van der Waals surface area contributed by atoms with Gasteiger partial charge in [-0.15, -0.1) is 6.58 Å². The lowest BCUT2D eigenvalue weighted by atomic mass is 10.1. The zero-order chi connectivity index (χ0) is 13.5. The molecule has 0 aromatic heterocycles. The van der Waals surface area contributed by atoms with Crippen LogP contribution in [0.1, 0.15) is 31.4 Å². The first-order valence-electron chi connectivity index (χ1n) is 6.28. The maximum atomic E-state index is 9.91. The Morgan fingerprint density at radius 2 is 2.22 bits per heavy atom. The number of rotatable bonds is 7. The van der Waals surface area contributed by atoms with Crippen LogP contribution in [0.15, 0.2) is 30.9 Å². The number of aliphatic hydroxyl groups excluding tert-OH is 1. The van der Waals surface area contributed by atoms with E-state index in [9.17, 15) is 5.11 Å². The van der Waals surface area contributed by atoms with Gasteiger partial charge in [0.2, 0.25) is 0 Å². The highest BCUT2D eigenvalue weighted by molar-refractivity contribution is 5.60. The molecule has 3 nitrogen and oxygen atoms in total. The van der Waals surface area contributed by atoms with Gasteiger partial charge in [0.15, 0.2) is 0 Å². The van der Waals surface area contributed by atoms with Gasteiger partial charge in [0, 0.05) is 24.8 Å². The number of hydrogen-bond acceptors (Lipinski definition) is 3. The van der Waals surface area contributed by atoms with Crippen LogP contribution in [0.2, 0.25) is 0 Å². The van der Waals surface area contributed by atoms with Crippen molar-refractivity contribution in [1.29, 1.82) is 0 Å². The van der Waals surface area contributed by atoms with Crippen LogP contribution in [0.3, 0.4) is 0 Å². The lowest BCUT2D eigenvalue weighted by Crippen LogP contribution is -2.20. The molecule has 1 atom stereocenters. The second kappa shape index (κ2) is 7.07. The first kappa shape index (κ1) is 14.6. The number of hydrogen-bond donors (Lipinski definition) is 1. The van der Waals surface area contributed by atoms with Crippen molar-refractivity contribution in [2.75, 3.05) is 25.6 Å². The molecule has 0 aliphatic rings. The van der Waals surface area contributed by atoms with Crippen molar-refractivity contribution in [2.24, 2.45) is 0 Å². The monoisotopic (exact) mass is 249 g/mol. The summed E-state index contributed by atoms with van der Waals surface area (Å²) in [5, 5.41) is 9.91. The largest absolute Gasteiger partial charge is 0.496 e. The molecule has 1 rings (SSSR count). The van der Waals surface area contributed by atoms with Crippen molar-refractivity contribution >= 4 is 5.69 Å². The number of ether oxygens (including phenoxy) is 1. The van der Waals surface area contributed by atoms with E-state index in [0.717, 1.165) is 36.4 Å². The zero-order valence-electron chi connectivity index (χ0n) is 11.5. The van der Waals surface area contributed by atoms with E-state index >= 15 is 0 Å². The third-order valence-electron chi connectivity index (χ3n) is 2.99. The average molecular weight is 249 g/mol. The summed E-state index contributed by atoms with van der Waals surface area (Å²) in [6.07, 6.45) is 3.43. The highest BCUT2D eigenvalue weighted by Gasteiger charge is 2.16. The number of aliphatic hydroxyl groups is 1. The van der Waals surface area contributed by atoms with Crippen LogP contribution >= 0.6 is 0 Å². The first-order chi connectivity index (χ1) is 8.61. The molecule has 0 fully saturated rings. The summed E-state index contributed by atoms with van der Waals surface area (Å²) in [6.45, 7) is 6.42. The van der Waals surface area contributed by atoms with E-state index in [2.05, 4.69) is 11.5 Å². The van der Waals surface area contributed by atoms with Gasteiger partial charge >= 0.3 is 0 Å². The van der Waals surface area contributed by atoms with E-state index in [0.29, 0.717) is 0 Å². The van der Waals surface area contributed by atoms with Crippen molar-refractivity contribution in [2.45, 2.75) is 25.9 Å². The molecule has 0 saturated carbocycles. The maximum Gasteiger partial charge on any atom is 0.126 e. The molecule has 18 heavy (non-hydrogen) atoms. The van der Waals surface area contributed by atoms with Crippen molar-refractivity contribution in [3.8, 4) is 5.75 Å². The fourth-order valence-electron chi connectivity index (χ4n) is 2.06. The molecular formula is C15H23NO2. The molecular weight excluding hydrogens is 226 g/mol. The van der Waals surface area contributed by atoms with Crippen LogP contribution in [0, 0.1) is 0 Å². The van der Waals surface area contributed by atoms with Crippen LogP contribution in [0.4, 0.5) is 5.69 Å². The number of unbranched alkanes of at least 4 members (excludes halogenated alkanes) is 1. The lowest BCUT2D eigenvalue weighted by Gasteiger charge is -2.25. The van der Waals surface area contributed by atoms with Crippen LogP contribution in [-0.2, 0) is 0 Å². The van der Waals surface area contributed by atoms with Crippen LogP contribution in [-0.4, -0.2) is 25.8 Å². The van der Waals surface area contributed by atoms with Gasteiger partial charge in [-0.1, -0.05) is 12.1 Å². The standard InChI is InChI=1S/C15H23NO2/c1-5-6-7-11-16(3)13-9-8-10-14(18-4)15(13)12(2)17/h5,8-10,12,17H,1,6-7,11H2,2-4H3/t12-/m0/s1. The number of anilines is 1. The molecule has 3 heteroatoms. The minimum atomic E-state index is -0.544. The summed E-state index contributed by atoms with van der Waals surface area (Å²) >= 11 is 0. The van der Waals surface area contributed by atoms with E-state index in [1.165, 1.54) is 0 Å². The molecule has 0 aliphatic heterocycles. The minimum Gasteiger partial charge on any atom is -0.496 e. The van der Waals surface area contributed by atoms with Crippen molar-refractivity contribution in [1.82, 2.24) is 0 Å². The highest BCUT2D eigenvalue weighted by atomic mass is 16.5. The second-order valence-corrected chi connectivity index (χ2v) is 4.42. The minimum absolute atomic E-state index is 0.544. The number of nitrogens with zero attached hydrogens (tertiary/aromatic N) is 1. The third kappa shape index (κ3) is 3.50. The smallest absolute Gasteiger partial charge is 0.126 e. The Hall–Kier alpha value is -1.48. The van der Waals surface area contributed by atoms with Gasteiger partial charge in [0.1, 0.15) is 5.75 Å². The van der Waals surface area contributed by atoms with Crippen molar-refractivity contribution in [3.05, 3.63) is 36.4 Å². The third-order valence-corrected chi connectivity index (χ3v) is 2.99. The molecule has 0 radical (unpaired) electrons. The summed E-state index contributed by atoms with van der Waals surface area (Å²) in [5.74, 6) is 0.734. The topological polar surface area (TPSA) is 32.7 Å². The molecule has 0 spiro atoms. The van der Waals surface area contributed by atoms with E-state index in [1.54, 1.807) is 14.0 Å². The molecule has 0 amide bonds. The number of benzene rings is 1. The maximum absolute atomic E-state index is 9.91. The average Bonchev–Trinajstić information content (AvgIpc) is 2.37. The van der Waals surface area contributed by atoms with Gasteiger partial charge in [0.25, 0.3) is 0 Å². The molecule has 0 aliphatic carbocycles. The number of allylic oxidation sites excluding steroid dienone is 1. The van der Waals surface area contributed by atoms with E-state index in [1.807, 2.05) is 31.3 Å². The van der Waals surface area contributed by atoms with Gasteiger partial charge < -0.3 is 14.7 Å². The SMILES string of the molecule is C=CCCCN(C)c1cccc(OC)c1[C@H](C)O. The summed E-state index contributed by atoms with van der Waals surface area (Å²) in [5.41, 5.74) is 1.87. The summed E-state index contributed by atoms with van der Waals surface area (Å²) < 4.78 is 5.32. The Morgan fingerprint density at radius 1 is 1.50 bits per heavy atom. The molecule has 1 N–H and O–H groups in total. The van der Waals surface area contributed by atoms with E-state index in [4.69, 9.17) is 4.74 Å². The molecule has 0 bridgehead atoms. The van der Waals surface area contributed by atoms with Gasteiger partial charge in [-0.2, -0.15) is 0 Å². The Balaban J connectivity index is 2.95. The van der Waals surface area contributed by atoms with Crippen LogP contribution < -0.4 is 9.64 Å². The van der Waals surface area contributed by atoms with Crippen molar-refractivity contribution in [3.63, 3.8) is 0 Å². The Kier molecular flexibility index (Phi) is 5.72. The lowest BCUT2D eigenvalue weighted by molar-refractivity contribution is 0.194. The Labute approximate surface area is 110 Å². The van der Waals surface area contributed by atoms with Gasteiger partial charge in [-0.05, 0) is 31.9 Å². The van der Waals surface area contributed by atoms with Crippen LogP contribution in [0.5, 0.6) is 5.75 Å². The highest BCUT2D eigenvalue weighted by Crippen LogP contribution is 2.34. The predicted molar refractivity (Wildman–Crippen MR) is 76.3 cm³/mol. The summed E-state index contributed by atoms with van der Waals surface area (Å²) in [4.78, 5) is 2.15. The van der Waals surface area contributed by atoms with Gasteiger partial charge in [-0.3, -0.25) is 0 Å². The van der Waals surface area contributed by atoms with E-state index in [-0.39, 0.29) is 0 Å². The fourth-order valence-corrected chi connectivity index (χ4v) is 2.06. The van der Waals surface area contributed by atoms with Gasteiger partial charge in [-0.25, -0.2) is 0 Å². The fraction of sp³-hybridized carbons (Fsp3) is 0.467. The predicted octanol–water partition coefficient (Wildman–Crippen LogP) is 3.15. The molecule has 0 saturated heterocycles. The molecule has 1 aromatic rings. The normalized spacial score (nSPS) is 12.0. The van der Waals surface area contributed by atoms with Crippen LogP contribution in [0.25, 0.3) is 0 Å². The molecule has 100 valence electrons. The summed E-state index contributed by atoms with van der Waals surface area (Å²) in [6, 6.07) is 5.84. The molecule has 0 heterocycles. The Morgan fingerprint density at radius 3 is 2.78 bits per heavy atom. The second-order valence-electron chi connectivity index (χ2n) is 4.42. The number of methoxy groups -OCH3 is 1. The quantitative estimate of drug-likeness (QED) is 0.595. The first-order valence-corrected chi connectivity index (χ1v) is 6.28. The van der Waals surface area contributed by atoms with E-state index < -0.39 is 6.10 Å². The molecule has 0 unspecified atom stereocenters. The zero-order valence-corrected chi connectivity index (χ0v) is 11.5. The Bertz CT molecular complexity index is 388. The summed E-state index contributed by atoms with van der Waals surface area (Å²) in [7, 11) is 3.66.